The van der Waals surface area contributed by atoms with E-state index < -0.39 is 41.3 Å². The molecule has 2 unspecified atom stereocenters. The zero-order valence-corrected chi connectivity index (χ0v) is 28.6. The lowest BCUT2D eigenvalue weighted by atomic mass is 9.78. The van der Waals surface area contributed by atoms with Crippen molar-refractivity contribution in [2.75, 3.05) is 0 Å². The van der Waals surface area contributed by atoms with E-state index >= 15 is 0 Å². The first kappa shape index (κ1) is 35.4. The van der Waals surface area contributed by atoms with Crippen LogP contribution < -0.4 is 21.7 Å². The predicted octanol–water partition coefficient (Wildman–Crippen LogP) is 6.12. The summed E-state index contributed by atoms with van der Waals surface area (Å²) in [5.74, 6) is -1.75. The molecule has 0 spiro atoms. The first-order valence-corrected chi connectivity index (χ1v) is 16.5. The number of H-pyrrole nitrogens is 1. The number of amides is 3. The Balaban J connectivity index is 1.65. The Labute approximate surface area is 283 Å². The molecule has 3 amide bonds. The largest absolute Gasteiger partial charge is 0.445 e. The van der Waals surface area contributed by atoms with Crippen LogP contribution in [-0.4, -0.2) is 45.5 Å². The Bertz CT molecular complexity index is 1620. The quantitative estimate of drug-likeness (QED) is 0.145. The third-order valence-corrected chi connectivity index (χ3v) is 9.73. The van der Waals surface area contributed by atoms with E-state index in [1.807, 2.05) is 27.7 Å². The number of nitrogens with two attached hydrogens (primary N) is 1. The highest BCUT2D eigenvalue weighted by atomic mass is 35.5. The van der Waals surface area contributed by atoms with Crippen molar-refractivity contribution in [1.82, 2.24) is 20.9 Å². The number of ether oxygens (including phenoxy) is 1. The molecule has 1 aromatic heterocycles. The molecule has 13 heteroatoms. The molecule has 1 aliphatic rings. The molecule has 0 fully saturated rings. The van der Waals surface area contributed by atoms with Crippen LogP contribution in [0.3, 0.4) is 0 Å². The van der Waals surface area contributed by atoms with E-state index in [1.165, 1.54) is 24.3 Å². The van der Waals surface area contributed by atoms with Crippen LogP contribution in [0.1, 0.15) is 63.8 Å². The number of nitrogens with one attached hydrogen (secondary N) is 4. The molecule has 0 saturated heterocycles. The van der Waals surface area contributed by atoms with Gasteiger partial charge in [0.1, 0.15) is 24.0 Å². The van der Waals surface area contributed by atoms with Crippen LogP contribution in [0.4, 0.5) is 9.18 Å². The third kappa shape index (κ3) is 7.93. The number of carbonyl (C=O) groups excluding carboxylic acids is 3. The SMILES string of the molecule is CCC(C)C(NC(=O)OCc1ccc(F)cc1)C(=O)N[C@]1(C(=O)N[C@H](C(N)=S)[C@@H](C)CC)CCc2[nH]c3c(Cl)cc(Cl)cc3c2C1. The summed E-state index contributed by atoms with van der Waals surface area (Å²) >= 11 is 18.2. The molecule has 5 atom stereocenters. The van der Waals surface area contributed by atoms with Gasteiger partial charge in [0.05, 0.1) is 21.6 Å². The van der Waals surface area contributed by atoms with Crippen LogP contribution in [-0.2, 0) is 33.8 Å². The van der Waals surface area contributed by atoms with E-state index in [1.54, 1.807) is 12.1 Å². The van der Waals surface area contributed by atoms with Gasteiger partial charge in [-0.1, -0.05) is 88.1 Å². The highest BCUT2D eigenvalue weighted by Gasteiger charge is 2.46. The number of carbonyl (C=O) groups is 3. The summed E-state index contributed by atoms with van der Waals surface area (Å²) in [6.45, 7) is 7.52. The summed E-state index contributed by atoms with van der Waals surface area (Å²) in [6, 6.07) is 7.36. The maximum absolute atomic E-state index is 14.3. The molecule has 2 aromatic carbocycles. The van der Waals surface area contributed by atoms with Crippen molar-refractivity contribution in [3.8, 4) is 0 Å². The Hall–Kier alpha value is -3.41. The maximum Gasteiger partial charge on any atom is 0.408 e. The minimum absolute atomic E-state index is 0.0514. The van der Waals surface area contributed by atoms with E-state index in [-0.39, 0.29) is 36.3 Å². The van der Waals surface area contributed by atoms with Crippen LogP contribution in [0.2, 0.25) is 10.0 Å². The molecule has 0 bridgehead atoms. The number of halogens is 3. The first-order valence-electron chi connectivity index (χ1n) is 15.4. The monoisotopic (exact) mass is 691 g/mol. The Kier molecular flexibility index (Phi) is 11.6. The minimum Gasteiger partial charge on any atom is -0.445 e. The first-order chi connectivity index (χ1) is 21.8. The number of rotatable bonds is 12. The van der Waals surface area contributed by atoms with Gasteiger partial charge >= 0.3 is 6.09 Å². The van der Waals surface area contributed by atoms with Crippen LogP contribution in [0, 0.1) is 17.7 Å². The molecule has 1 aliphatic carbocycles. The van der Waals surface area contributed by atoms with Crippen molar-refractivity contribution >= 4 is 69.2 Å². The average molecular weight is 693 g/mol. The van der Waals surface area contributed by atoms with Crippen molar-refractivity contribution in [2.24, 2.45) is 17.6 Å². The second kappa shape index (κ2) is 15.0. The Morgan fingerprint density at radius 2 is 1.72 bits per heavy atom. The van der Waals surface area contributed by atoms with Gasteiger partial charge in [0.25, 0.3) is 0 Å². The molecule has 248 valence electrons. The van der Waals surface area contributed by atoms with Gasteiger partial charge < -0.3 is 31.4 Å². The van der Waals surface area contributed by atoms with E-state index in [9.17, 15) is 18.8 Å². The van der Waals surface area contributed by atoms with Crippen LogP contribution in [0.5, 0.6) is 0 Å². The number of fused-ring (bicyclic) bond motifs is 3. The van der Waals surface area contributed by atoms with E-state index in [2.05, 4.69) is 20.9 Å². The lowest BCUT2D eigenvalue weighted by Gasteiger charge is -2.39. The Morgan fingerprint density at radius 3 is 2.35 bits per heavy atom. The zero-order valence-electron chi connectivity index (χ0n) is 26.3. The molecule has 9 nitrogen and oxygen atoms in total. The summed E-state index contributed by atoms with van der Waals surface area (Å²) in [5.41, 5.74) is 7.62. The number of benzene rings is 2. The molecule has 0 saturated carbocycles. The summed E-state index contributed by atoms with van der Waals surface area (Å²) in [5, 5.41) is 10.4. The highest BCUT2D eigenvalue weighted by molar-refractivity contribution is 7.80. The summed E-state index contributed by atoms with van der Waals surface area (Å²) in [6.07, 6.45) is 1.25. The third-order valence-electron chi connectivity index (χ3n) is 8.96. The number of hydrogen-bond donors (Lipinski definition) is 5. The fraction of sp³-hybridized carbons (Fsp3) is 0.455. The van der Waals surface area contributed by atoms with Crippen molar-refractivity contribution in [1.29, 1.82) is 0 Å². The van der Waals surface area contributed by atoms with Gasteiger partial charge in [-0.2, -0.15) is 0 Å². The molecular weight excluding hydrogens is 652 g/mol. The maximum atomic E-state index is 14.3. The van der Waals surface area contributed by atoms with Crippen molar-refractivity contribution in [3.05, 3.63) is 69.1 Å². The molecule has 0 aliphatic heterocycles. The fourth-order valence-corrected chi connectivity index (χ4v) is 6.58. The fourth-order valence-electron chi connectivity index (χ4n) is 5.75. The minimum atomic E-state index is -1.42. The normalized spacial score (nSPS) is 18.5. The van der Waals surface area contributed by atoms with Crippen LogP contribution in [0.15, 0.2) is 36.4 Å². The highest BCUT2D eigenvalue weighted by Crippen LogP contribution is 2.38. The van der Waals surface area contributed by atoms with Crippen molar-refractivity contribution in [2.45, 2.75) is 84.0 Å². The number of thiocarbonyl (C=S) groups is 1. The summed E-state index contributed by atoms with van der Waals surface area (Å²) < 4.78 is 18.6. The lowest BCUT2D eigenvalue weighted by molar-refractivity contribution is -0.136. The van der Waals surface area contributed by atoms with Gasteiger partial charge in [-0.05, 0) is 60.1 Å². The molecule has 6 N–H and O–H groups in total. The van der Waals surface area contributed by atoms with Crippen molar-refractivity contribution < 1.29 is 23.5 Å². The number of aromatic nitrogens is 1. The smallest absolute Gasteiger partial charge is 0.408 e. The molecular formula is C33H40Cl2FN5O4S. The van der Waals surface area contributed by atoms with Gasteiger partial charge in [-0.15, -0.1) is 0 Å². The molecule has 1 heterocycles. The number of alkyl carbamates (subject to hydrolysis) is 1. The summed E-state index contributed by atoms with van der Waals surface area (Å²) in [4.78, 5) is 44.8. The standard InChI is InChI=1S/C33H40Cl2FN5O4S/c1-5-17(3)26(29(37)46)39-31(43)33(12-11-25-23(15-33)22-13-20(34)14-24(35)28(22)38-25)41-30(42)27(18(4)6-2)40-32(44)45-16-19-7-9-21(36)10-8-19/h7-10,13-14,17-18,26-27,38H,5-6,11-12,15-16H2,1-4H3,(H2,37,46)(H,39,43)(H,40,44)(H,41,42)/t17-,18?,26-,27?,33+/m0/s1. The van der Waals surface area contributed by atoms with E-state index in [4.69, 9.17) is 45.9 Å². The number of hydrogen-bond acceptors (Lipinski definition) is 5. The molecule has 3 aromatic rings. The number of aromatic amines is 1. The van der Waals surface area contributed by atoms with Gasteiger partial charge in [0.2, 0.25) is 11.8 Å². The van der Waals surface area contributed by atoms with Gasteiger partial charge in [0.15, 0.2) is 0 Å². The van der Waals surface area contributed by atoms with Crippen molar-refractivity contribution in [3.63, 3.8) is 0 Å². The molecule has 46 heavy (non-hydrogen) atoms. The lowest BCUT2D eigenvalue weighted by Crippen LogP contribution is -2.67. The topological polar surface area (TPSA) is 138 Å². The van der Waals surface area contributed by atoms with E-state index in [0.717, 1.165) is 16.6 Å². The van der Waals surface area contributed by atoms with E-state index in [0.29, 0.717) is 40.4 Å². The second-order valence-corrected chi connectivity index (χ2v) is 13.4. The van der Waals surface area contributed by atoms with Crippen LogP contribution in [0.25, 0.3) is 10.9 Å². The van der Waals surface area contributed by atoms with Gasteiger partial charge in [-0.25, -0.2) is 9.18 Å². The van der Waals surface area contributed by atoms with Gasteiger partial charge in [0, 0.05) is 22.5 Å². The predicted molar refractivity (Wildman–Crippen MR) is 182 cm³/mol. The zero-order chi connectivity index (χ0) is 33.8. The molecule has 4 rings (SSSR count). The Morgan fingerprint density at radius 1 is 1.07 bits per heavy atom. The number of aryl methyl sites for hydroxylation is 1. The van der Waals surface area contributed by atoms with Crippen LogP contribution >= 0.6 is 35.4 Å². The van der Waals surface area contributed by atoms with Gasteiger partial charge in [-0.3, -0.25) is 9.59 Å². The summed E-state index contributed by atoms with van der Waals surface area (Å²) in [7, 11) is 0. The second-order valence-electron chi connectivity index (χ2n) is 12.1. The molecule has 0 radical (unpaired) electrons. The average Bonchev–Trinajstić information content (AvgIpc) is 3.38.